The Morgan fingerprint density at radius 2 is 1.96 bits per heavy atom. The van der Waals surface area contributed by atoms with Gasteiger partial charge in [0.05, 0.1) is 0 Å². The lowest BCUT2D eigenvalue weighted by molar-refractivity contribution is -0.131. The maximum atomic E-state index is 12.5. The van der Waals surface area contributed by atoms with Gasteiger partial charge in [-0.2, -0.15) is 0 Å². The van der Waals surface area contributed by atoms with Gasteiger partial charge in [-0.1, -0.05) is 12.1 Å². The van der Waals surface area contributed by atoms with E-state index in [0.717, 1.165) is 12.8 Å². The lowest BCUT2D eigenvalue weighted by Crippen LogP contribution is -2.54. The van der Waals surface area contributed by atoms with Gasteiger partial charge in [-0.15, -0.1) is 0 Å². The molecule has 7 nitrogen and oxygen atoms in total. The summed E-state index contributed by atoms with van der Waals surface area (Å²) in [4.78, 5) is 26.4. The van der Waals surface area contributed by atoms with Crippen LogP contribution in [0.15, 0.2) is 24.3 Å². The number of nitrogens with one attached hydrogen (secondary N) is 1. The molecule has 3 rings (SSSR count). The summed E-state index contributed by atoms with van der Waals surface area (Å²) in [6, 6.07) is 7.16. The summed E-state index contributed by atoms with van der Waals surface area (Å²) in [6.45, 7) is 6.76. The Balaban J connectivity index is 1.54. The molecule has 0 saturated carbocycles. The number of hydrogen-bond acceptors (Lipinski definition) is 5. The van der Waals surface area contributed by atoms with E-state index in [4.69, 9.17) is 14.2 Å². The van der Waals surface area contributed by atoms with E-state index in [2.05, 4.69) is 5.32 Å². The maximum absolute atomic E-state index is 12.5. The number of para-hydroxylation sites is 2. The molecule has 0 radical (unpaired) electrons. The number of carbonyl (C=O) groups is 2. The molecule has 0 aliphatic carbocycles. The number of carbonyl (C=O) groups excluding carboxylic acids is 2. The van der Waals surface area contributed by atoms with Crippen LogP contribution in [0.5, 0.6) is 11.5 Å². The van der Waals surface area contributed by atoms with Gasteiger partial charge < -0.3 is 24.4 Å². The van der Waals surface area contributed by atoms with Crippen molar-refractivity contribution in [2.45, 2.75) is 51.4 Å². The molecule has 2 atom stereocenters. The van der Waals surface area contributed by atoms with Gasteiger partial charge in [0.25, 0.3) is 5.91 Å². The third-order valence-corrected chi connectivity index (χ3v) is 4.22. The highest BCUT2D eigenvalue weighted by Crippen LogP contribution is 2.31. The fourth-order valence-corrected chi connectivity index (χ4v) is 3.03. The van der Waals surface area contributed by atoms with Gasteiger partial charge in [0.2, 0.25) is 6.10 Å². The van der Waals surface area contributed by atoms with Crippen molar-refractivity contribution in [2.24, 2.45) is 0 Å². The monoisotopic (exact) mass is 362 g/mol. The van der Waals surface area contributed by atoms with Crippen LogP contribution in [0, 0.1) is 0 Å². The molecule has 2 amide bonds. The smallest absolute Gasteiger partial charge is 0.410 e. The van der Waals surface area contributed by atoms with Crippen molar-refractivity contribution in [3.8, 4) is 11.5 Å². The van der Waals surface area contributed by atoms with Crippen molar-refractivity contribution in [1.82, 2.24) is 10.2 Å². The zero-order chi connectivity index (χ0) is 18.7. The molecule has 0 aromatic heterocycles. The summed E-state index contributed by atoms with van der Waals surface area (Å²) < 4.78 is 16.7. The van der Waals surface area contributed by atoms with Crippen LogP contribution in [-0.2, 0) is 9.53 Å². The Morgan fingerprint density at radius 3 is 2.69 bits per heavy atom. The molecule has 1 aromatic carbocycles. The lowest BCUT2D eigenvalue weighted by Gasteiger charge is -2.35. The average molecular weight is 362 g/mol. The number of piperidine rings is 1. The number of likely N-dealkylation sites (tertiary alicyclic amines) is 1. The molecule has 26 heavy (non-hydrogen) atoms. The first-order valence-electron chi connectivity index (χ1n) is 8.98. The van der Waals surface area contributed by atoms with Gasteiger partial charge in [0, 0.05) is 19.1 Å². The van der Waals surface area contributed by atoms with E-state index in [9.17, 15) is 9.59 Å². The number of nitrogens with zero attached hydrogens (tertiary/aromatic N) is 1. The van der Waals surface area contributed by atoms with Crippen LogP contribution in [0.2, 0.25) is 0 Å². The molecule has 1 aromatic rings. The van der Waals surface area contributed by atoms with Gasteiger partial charge in [0.15, 0.2) is 11.5 Å². The second kappa shape index (κ2) is 7.43. The van der Waals surface area contributed by atoms with E-state index in [-0.39, 0.29) is 24.6 Å². The summed E-state index contributed by atoms with van der Waals surface area (Å²) >= 11 is 0. The highest BCUT2D eigenvalue weighted by Gasteiger charge is 2.32. The molecule has 2 unspecified atom stereocenters. The molecular formula is C19H26N2O5. The SMILES string of the molecule is CC(C)(C)OC(=O)N1CCCC(NC(=O)C2COc3ccccc3O2)C1. The largest absolute Gasteiger partial charge is 0.485 e. The van der Waals surface area contributed by atoms with Crippen LogP contribution in [0.4, 0.5) is 4.79 Å². The fraction of sp³-hybridized carbons (Fsp3) is 0.579. The molecular weight excluding hydrogens is 336 g/mol. The first kappa shape index (κ1) is 18.4. The van der Waals surface area contributed by atoms with Gasteiger partial charge in [-0.25, -0.2) is 4.79 Å². The van der Waals surface area contributed by atoms with Crippen LogP contribution in [0.3, 0.4) is 0 Å². The molecule has 1 N–H and O–H groups in total. The Kier molecular flexibility index (Phi) is 5.25. The highest BCUT2D eigenvalue weighted by atomic mass is 16.6. The van der Waals surface area contributed by atoms with E-state index in [1.165, 1.54) is 0 Å². The third kappa shape index (κ3) is 4.59. The number of benzene rings is 1. The Bertz CT molecular complexity index is 670. The van der Waals surface area contributed by atoms with Crippen molar-refractivity contribution in [3.05, 3.63) is 24.3 Å². The summed E-state index contributed by atoms with van der Waals surface area (Å²) in [5.74, 6) is 0.985. The van der Waals surface area contributed by atoms with Crippen LogP contribution in [0.1, 0.15) is 33.6 Å². The summed E-state index contributed by atoms with van der Waals surface area (Å²) in [5, 5.41) is 2.97. The number of fused-ring (bicyclic) bond motifs is 1. The fourth-order valence-electron chi connectivity index (χ4n) is 3.03. The van der Waals surface area contributed by atoms with Gasteiger partial charge >= 0.3 is 6.09 Å². The first-order valence-corrected chi connectivity index (χ1v) is 8.98. The zero-order valence-electron chi connectivity index (χ0n) is 15.5. The van der Waals surface area contributed by atoms with Crippen LogP contribution < -0.4 is 14.8 Å². The quantitative estimate of drug-likeness (QED) is 0.874. The molecule has 1 fully saturated rings. The van der Waals surface area contributed by atoms with E-state index in [1.807, 2.05) is 39.0 Å². The first-order chi connectivity index (χ1) is 12.3. The normalized spacial score (nSPS) is 22.5. The topological polar surface area (TPSA) is 77.1 Å². The van der Waals surface area contributed by atoms with Crippen molar-refractivity contribution in [3.63, 3.8) is 0 Å². The third-order valence-electron chi connectivity index (χ3n) is 4.22. The number of hydrogen-bond donors (Lipinski definition) is 1. The van der Waals surface area contributed by atoms with Crippen LogP contribution in [-0.4, -0.2) is 54.3 Å². The minimum absolute atomic E-state index is 0.121. The van der Waals surface area contributed by atoms with Gasteiger partial charge in [0.1, 0.15) is 12.2 Å². The number of ether oxygens (including phenoxy) is 3. The van der Waals surface area contributed by atoms with Crippen molar-refractivity contribution in [2.75, 3.05) is 19.7 Å². The summed E-state index contributed by atoms with van der Waals surface area (Å²) in [7, 11) is 0. The standard InChI is InChI=1S/C19H26N2O5/c1-19(2,3)26-18(23)21-10-6-7-13(11-21)20-17(22)16-12-24-14-8-4-5-9-15(14)25-16/h4-5,8-9,13,16H,6-7,10-12H2,1-3H3,(H,20,22). The van der Waals surface area contributed by atoms with Gasteiger partial charge in [-0.3, -0.25) is 4.79 Å². The molecule has 0 bridgehead atoms. The Hall–Kier alpha value is -2.44. The average Bonchev–Trinajstić information content (AvgIpc) is 2.60. The number of amides is 2. The van der Waals surface area contributed by atoms with Crippen LogP contribution in [0.25, 0.3) is 0 Å². The van der Waals surface area contributed by atoms with Crippen molar-refractivity contribution < 1.29 is 23.8 Å². The molecule has 0 spiro atoms. The minimum atomic E-state index is -0.693. The number of rotatable bonds is 2. The van der Waals surface area contributed by atoms with Crippen molar-refractivity contribution >= 4 is 12.0 Å². The predicted octanol–water partition coefficient (Wildman–Crippen LogP) is 2.34. The van der Waals surface area contributed by atoms with Crippen LogP contribution >= 0.6 is 0 Å². The van der Waals surface area contributed by atoms with Crippen molar-refractivity contribution in [1.29, 1.82) is 0 Å². The predicted molar refractivity (Wildman–Crippen MR) is 95.3 cm³/mol. The van der Waals surface area contributed by atoms with E-state index in [1.54, 1.807) is 11.0 Å². The molecule has 142 valence electrons. The molecule has 1 saturated heterocycles. The second-order valence-corrected chi connectivity index (χ2v) is 7.64. The molecule has 2 heterocycles. The Labute approximate surface area is 153 Å². The minimum Gasteiger partial charge on any atom is -0.485 e. The Morgan fingerprint density at radius 1 is 1.23 bits per heavy atom. The second-order valence-electron chi connectivity index (χ2n) is 7.64. The molecule has 2 aliphatic heterocycles. The van der Waals surface area contributed by atoms with Gasteiger partial charge in [-0.05, 0) is 45.7 Å². The summed E-state index contributed by atoms with van der Waals surface area (Å²) in [5.41, 5.74) is -0.534. The summed E-state index contributed by atoms with van der Waals surface area (Å²) in [6.07, 6.45) is 0.592. The lowest BCUT2D eigenvalue weighted by atomic mass is 10.1. The zero-order valence-corrected chi connectivity index (χ0v) is 15.5. The van der Waals surface area contributed by atoms with E-state index < -0.39 is 11.7 Å². The molecule has 2 aliphatic rings. The molecule has 7 heteroatoms. The maximum Gasteiger partial charge on any atom is 0.410 e. The van der Waals surface area contributed by atoms with E-state index >= 15 is 0 Å². The van der Waals surface area contributed by atoms with E-state index in [0.29, 0.717) is 24.6 Å². The highest BCUT2D eigenvalue weighted by molar-refractivity contribution is 5.82.